The maximum atomic E-state index is 15.4. The first-order chi connectivity index (χ1) is 23.9. The second-order valence-electron chi connectivity index (χ2n) is 16.0. The number of aliphatic hydroxyl groups excluding tert-OH is 1. The van der Waals surface area contributed by atoms with Gasteiger partial charge in [-0.3, -0.25) is 9.69 Å². The smallest absolute Gasteiger partial charge is 0.266 e. The highest BCUT2D eigenvalue weighted by molar-refractivity contribution is 7.89. The number of amides is 1. The van der Waals surface area contributed by atoms with Crippen molar-refractivity contribution in [2.75, 3.05) is 19.6 Å². The van der Waals surface area contributed by atoms with Crippen LogP contribution in [0.4, 0.5) is 0 Å². The minimum absolute atomic E-state index is 0.0815. The Morgan fingerprint density at radius 2 is 1.46 bits per heavy atom. The topological polar surface area (TPSA) is 87.2 Å². The Morgan fingerprint density at radius 1 is 0.860 bits per heavy atom. The molecular formula is C41H52N2O5SSi. The van der Waals surface area contributed by atoms with Crippen LogP contribution < -0.4 is 10.4 Å². The Morgan fingerprint density at radius 3 is 2.06 bits per heavy atom. The largest absolute Gasteiger partial charge is 0.402 e. The van der Waals surface area contributed by atoms with Crippen LogP contribution in [-0.4, -0.2) is 74.8 Å². The molecule has 0 radical (unpaired) electrons. The number of benzene rings is 3. The number of carbonyl (C=O) groups excluding carboxylic acids is 1. The van der Waals surface area contributed by atoms with Gasteiger partial charge in [0.1, 0.15) is 0 Å². The van der Waals surface area contributed by atoms with E-state index in [9.17, 15) is 13.5 Å². The number of aryl methyl sites for hydroxylation is 1. The summed E-state index contributed by atoms with van der Waals surface area (Å²) in [7, 11) is -7.42. The van der Waals surface area contributed by atoms with Crippen molar-refractivity contribution in [3.05, 3.63) is 103 Å². The number of carbonyl (C=O) groups is 1. The number of hydrogen-bond donors (Lipinski definition) is 1. The van der Waals surface area contributed by atoms with Crippen LogP contribution in [0.25, 0.3) is 0 Å². The highest BCUT2D eigenvalue weighted by atomic mass is 32.2. The molecule has 4 fully saturated rings. The summed E-state index contributed by atoms with van der Waals surface area (Å²) in [6, 6.07) is 27.4. The minimum atomic E-state index is -4.22. The molecule has 3 aromatic rings. The average Bonchev–Trinajstić information content (AvgIpc) is 3.12. The predicted molar refractivity (Wildman–Crippen MR) is 200 cm³/mol. The van der Waals surface area contributed by atoms with Crippen LogP contribution in [0.3, 0.4) is 0 Å². The fraction of sp³-hybridized carbons (Fsp3) is 0.488. The first-order valence-electron chi connectivity index (χ1n) is 18.4. The lowest BCUT2D eigenvalue weighted by Gasteiger charge is -2.66. The third-order valence-corrected chi connectivity index (χ3v) is 19.0. The third kappa shape index (κ3) is 5.73. The van der Waals surface area contributed by atoms with Gasteiger partial charge in [0.25, 0.3) is 18.3 Å². The minimum Gasteiger partial charge on any atom is -0.402 e. The van der Waals surface area contributed by atoms with E-state index in [1.165, 1.54) is 4.31 Å². The summed E-state index contributed by atoms with van der Waals surface area (Å²) in [6.45, 7) is 10.0. The molecule has 4 aliphatic heterocycles. The van der Waals surface area contributed by atoms with Crippen LogP contribution in [0.15, 0.2) is 102 Å². The van der Waals surface area contributed by atoms with Gasteiger partial charge in [0, 0.05) is 24.4 Å². The van der Waals surface area contributed by atoms with Crippen molar-refractivity contribution in [1.82, 2.24) is 9.21 Å². The van der Waals surface area contributed by atoms with Crippen molar-refractivity contribution in [2.24, 2.45) is 17.3 Å². The van der Waals surface area contributed by atoms with Crippen LogP contribution in [0.1, 0.15) is 64.9 Å². The molecule has 9 heteroatoms. The number of fused-ring (bicyclic) bond motifs is 1. The molecule has 1 aliphatic carbocycles. The number of aliphatic hydroxyl groups is 1. The number of allylic oxidation sites excluding steroid dienone is 2. The van der Waals surface area contributed by atoms with E-state index < -0.39 is 36.0 Å². The number of rotatable bonds is 6. The molecule has 1 N–H and O–H groups in total. The van der Waals surface area contributed by atoms with Gasteiger partial charge in [0.15, 0.2) is 0 Å². The first-order valence-corrected chi connectivity index (χ1v) is 21.8. The van der Waals surface area contributed by atoms with Crippen LogP contribution in [0, 0.1) is 24.2 Å². The fourth-order valence-corrected chi connectivity index (χ4v) is 16.1. The third-order valence-electron chi connectivity index (χ3n) is 12.2. The zero-order valence-corrected chi connectivity index (χ0v) is 31.7. The molecule has 7 atom stereocenters. The second-order valence-corrected chi connectivity index (χ2v) is 22.1. The Labute approximate surface area is 299 Å². The van der Waals surface area contributed by atoms with E-state index in [1.54, 1.807) is 24.3 Å². The Kier molecular flexibility index (Phi) is 9.52. The molecule has 1 amide bonds. The molecule has 266 valence electrons. The molecule has 1 spiro atoms. The van der Waals surface area contributed by atoms with Gasteiger partial charge in [-0.1, -0.05) is 111 Å². The SMILES string of the molecule is Cc1ccc(S(=O)(=O)N2C[C@H](O[Si](c3ccccc3)(c3ccccc3)C(C)(C)C)[C@H]3[C@@H]4CN5CCC/C=C\CCC[C@@]3(C2=O)[C@@H]5C[C@@H]4O)cc1. The summed E-state index contributed by atoms with van der Waals surface area (Å²) in [5.74, 6) is -0.874. The number of hydrogen-bond acceptors (Lipinski definition) is 6. The molecule has 3 saturated heterocycles. The number of nitrogens with zero attached hydrogens (tertiary/aromatic N) is 2. The van der Waals surface area contributed by atoms with Crippen molar-refractivity contribution in [3.63, 3.8) is 0 Å². The Balaban J connectivity index is 1.46. The molecule has 8 rings (SSSR count). The monoisotopic (exact) mass is 712 g/mol. The molecule has 3 aromatic carbocycles. The van der Waals surface area contributed by atoms with E-state index in [0.717, 1.165) is 48.2 Å². The lowest BCUT2D eigenvalue weighted by molar-refractivity contribution is -0.216. The summed E-state index contributed by atoms with van der Waals surface area (Å²) >= 11 is 0. The second kappa shape index (κ2) is 13.5. The van der Waals surface area contributed by atoms with Crippen molar-refractivity contribution in [2.45, 2.75) is 94.4 Å². The van der Waals surface area contributed by atoms with Crippen molar-refractivity contribution in [1.29, 1.82) is 0 Å². The highest BCUT2D eigenvalue weighted by Crippen LogP contribution is 2.60. The van der Waals surface area contributed by atoms with E-state index in [2.05, 4.69) is 86.4 Å². The maximum Gasteiger partial charge on any atom is 0.266 e. The van der Waals surface area contributed by atoms with Crippen LogP contribution in [0.2, 0.25) is 5.04 Å². The van der Waals surface area contributed by atoms with Gasteiger partial charge < -0.3 is 9.53 Å². The van der Waals surface area contributed by atoms with Gasteiger partial charge in [0.2, 0.25) is 5.91 Å². The van der Waals surface area contributed by atoms with E-state index in [0.29, 0.717) is 19.4 Å². The molecule has 50 heavy (non-hydrogen) atoms. The quantitative estimate of drug-likeness (QED) is 0.263. The summed E-state index contributed by atoms with van der Waals surface area (Å²) in [6.07, 6.45) is 7.77. The molecule has 0 aromatic heterocycles. The summed E-state index contributed by atoms with van der Waals surface area (Å²) < 4.78 is 38.6. The van der Waals surface area contributed by atoms with Crippen LogP contribution in [-0.2, 0) is 19.2 Å². The summed E-state index contributed by atoms with van der Waals surface area (Å²) in [4.78, 5) is 18.0. The summed E-state index contributed by atoms with van der Waals surface area (Å²) in [5.41, 5.74) is -0.0713. The standard InChI is InChI=1S/C41H52N2O5SSi/c1-30-21-23-31(24-22-30)49(46,47)43-29-36(48-50(40(2,3)4,32-17-11-9-12-18-32)33-19-13-10-14-20-33)38-34-28-42-26-16-8-6-5-7-15-25-41(38,39(43)45)37(42)27-35(34)44/h5-6,9-14,17-24,34-38,44H,7-8,15-16,25-29H2,1-4H3/b6-5-/t34-,35+,36+,37+,38-,41-/m1/s1. The zero-order valence-electron chi connectivity index (χ0n) is 29.9. The van der Waals surface area contributed by atoms with Crippen LogP contribution >= 0.6 is 0 Å². The summed E-state index contributed by atoms with van der Waals surface area (Å²) in [5, 5.41) is 13.7. The average molecular weight is 713 g/mol. The van der Waals surface area contributed by atoms with Gasteiger partial charge in [0.05, 0.1) is 29.1 Å². The zero-order chi connectivity index (χ0) is 35.3. The molecule has 1 unspecified atom stereocenters. The normalized spacial score (nSPS) is 31.1. The molecule has 4 heterocycles. The van der Waals surface area contributed by atoms with Gasteiger partial charge >= 0.3 is 0 Å². The molecular weight excluding hydrogens is 661 g/mol. The fourth-order valence-electron chi connectivity index (χ4n) is 9.97. The van der Waals surface area contributed by atoms with E-state index >= 15 is 4.79 Å². The Bertz CT molecular complexity index is 1770. The number of piperidine rings is 3. The van der Waals surface area contributed by atoms with Crippen molar-refractivity contribution in [3.8, 4) is 0 Å². The van der Waals surface area contributed by atoms with Gasteiger partial charge in [-0.05, 0) is 79.5 Å². The lowest BCUT2D eigenvalue weighted by atomic mass is 9.50. The Hall–Kier alpha value is -3.08. The van der Waals surface area contributed by atoms with Crippen molar-refractivity contribution >= 4 is 34.6 Å². The number of sulfonamides is 1. The van der Waals surface area contributed by atoms with Crippen molar-refractivity contribution < 1.29 is 22.7 Å². The van der Waals surface area contributed by atoms with Gasteiger partial charge in [-0.2, -0.15) is 0 Å². The molecule has 4 bridgehead atoms. The van der Waals surface area contributed by atoms with E-state index in [-0.39, 0.29) is 40.3 Å². The highest BCUT2D eigenvalue weighted by Gasteiger charge is 2.70. The van der Waals surface area contributed by atoms with Gasteiger partial charge in [-0.25, -0.2) is 12.7 Å². The van der Waals surface area contributed by atoms with Crippen LogP contribution in [0.5, 0.6) is 0 Å². The first kappa shape index (κ1) is 35.3. The van der Waals surface area contributed by atoms with Gasteiger partial charge in [-0.15, -0.1) is 0 Å². The predicted octanol–water partition coefficient (Wildman–Crippen LogP) is 5.66. The molecule has 5 aliphatic rings. The van der Waals surface area contributed by atoms with E-state index in [4.69, 9.17) is 4.43 Å². The molecule has 1 saturated carbocycles. The maximum absolute atomic E-state index is 15.4. The molecule has 7 nitrogen and oxygen atoms in total. The lowest BCUT2D eigenvalue weighted by Crippen LogP contribution is -2.79. The van der Waals surface area contributed by atoms with E-state index in [1.807, 2.05) is 19.1 Å².